The molecular formula is C25H36N2O3. The van der Waals surface area contributed by atoms with E-state index in [2.05, 4.69) is 24.3 Å². The standard InChI is InChI=1S/C25H36N2O3/c28-23(10-6-9-21-7-2-1-3-8-21)27-16-12-25(13-17-27)20-22(11-18-30-25)19-24(29)26-14-4-5-15-26/h1-3,7-8,22H,4-6,9-20H2. The topological polar surface area (TPSA) is 49.9 Å². The maximum atomic E-state index is 12.7. The molecule has 4 rings (SSSR count). The van der Waals surface area contributed by atoms with Crippen molar-refractivity contribution in [2.24, 2.45) is 5.92 Å². The predicted molar refractivity (Wildman–Crippen MR) is 117 cm³/mol. The fourth-order valence-electron chi connectivity index (χ4n) is 5.40. The lowest BCUT2D eigenvalue weighted by molar-refractivity contribution is -0.149. The van der Waals surface area contributed by atoms with Crippen LogP contribution in [0.4, 0.5) is 0 Å². The van der Waals surface area contributed by atoms with Crippen LogP contribution in [0, 0.1) is 5.92 Å². The van der Waals surface area contributed by atoms with Gasteiger partial charge in [-0.15, -0.1) is 0 Å². The van der Waals surface area contributed by atoms with Crippen LogP contribution in [-0.4, -0.2) is 60.0 Å². The van der Waals surface area contributed by atoms with Crippen LogP contribution in [0.3, 0.4) is 0 Å². The van der Waals surface area contributed by atoms with Gasteiger partial charge in [-0.25, -0.2) is 0 Å². The zero-order chi connectivity index (χ0) is 20.8. The fraction of sp³-hybridized carbons (Fsp3) is 0.680. The number of likely N-dealkylation sites (tertiary alicyclic amines) is 2. The number of carbonyl (C=O) groups excluding carboxylic acids is 2. The molecule has 1 spiro atoms. The molecule has 3 aliphatic heterocycles. The summed E-state index contributed by atoms with van der Waals surface area (Å²) < 4.78 is 6.25. The molecule has 1 unspecified atom stereocenters. The van der Waals surface area contributed by atoms with Crippen LogP contribution in [0.1, 0.15) is 63.4 Å². The van der Waals surface area contributed by atoms with Crippen LogP contribution in [0.2, 0.25) is 0 Å². The summed E-state index contributed by atoms with van der Waals surface area (Å²) in [5.41, 5.74) is 1.18. The van der Waals surface area contributed by atoms with E-state index in [9.17, 15) is 9.59 Å². The second-order valence-electron chi connectivity index (χ2n) is 9.40. The molecule has 3 saturated heterocycles. The summed E-state index contributed by atoms with van der Waals surface area (Å²) in [5, 5.41) is 0. The van der Waals surface area contributed by atoms with Crippen molar-refractivity contribution in [3.05, 3.63) is 35.9 Å². The predicted octanol–water partition coefficient (Wildman–Crippen LogP) is 3.81. The van der Waals surface area contributed by atoms with Gasteiger partial charge in [-0.2, -0.15) is 0 Å². The molecule has 5 nitrogen and oxygen atoms in total. The highest BCUT2D eigenvalue weighted by molar-refractivity contribution is 5.77. The monoisotopic (exact) mass is 412 g/mol. The third kappa shape index (κ3) is 5.42. The summed E-state index contributed by atoms with van der Waals surface area (Å²) in [7, 11) is 0. The number of carbonyl (C=O) groups is 2. The first kappa shape index (κ1) is 21.4. The SMILES string of the molecule is O=C(CCCc1ccccc1)N1CCC2(CC1)CC(CC(=O)N1CCCC1)CCO2. The summed E-state index contributed by atoms with van der Waals surface area (Å²) in [6.45, 7) is 4.21. The van der Waals surface area contributed by atoms with Crippen LogP contribution in [-0.2, 0) is 20.7 Å². The molecule has 0 bridgehead atoms. The van der Waals surface area contributed by atoms with Gasteiger partial charge < -0.3 is 14.5 Å². The average Bonchev–Trinajstić information content (AvgIpc) is 3.30. The number of nitrogens with zero attached hydrogens (tertiary/aromatic N) is 2. The molecule has 0 N–H and O–H groups in total. The van der Waals surface area contributed by atoms with E-state index in [0.29, 0.717) is 24.7 Å². The number of piperidine rings is 1. The number of hydrogen-bond acceptors (Lipinski definition) is 3. The number of benzene rings is 1. The Morgan fingerprint density at radius 1 is 0.967 bits per heavy atom. The van der Waals surface area contributed by atoms with Crippen molar-refractivity contribution in [1.29, 1.82) is 0 Å². The second-order valence-corrected chi connectivity index (χ2v) is 9.40. The van der Waals surface area contributed by atoms with Crippen molar-refractivity contribution in [1.82, 2.24) is 9.80 Å². The van der Waals surface area contributed by atoms with E-state index < -0.39 is 0 Å². The van der Waals surface area contributed by atoms with E-state index in [1.165, 1.54) is 5.56 Å². The van der Waals surface area contributed by atoms with Gasteiger partial charge in [0.05, 0.1) is 5.60 Å². The first-order valence-electron chi connectivity index (χ1n) is 11.9. The molecule has 1 aromatic carbocycles. The number of rotatable bonds is 6. The van der Waals surface area contributed by atoms with Crippen LogP contribution < -0.4 is 0 Å². The number of ether oxygens (including phenoxy) is 1. The Labute approximate surface area is 180 Å². The van der Waals surface area contributed by atoms with Crippen molar-refractivity contribution >= 4 is 11.8 Å². The maximum Gasteiger partial charge on any atom is 0.222 e. The Kier molecular flexibility index (Phi) is 7.08. The molecule has 0 radical (unpaired) electrons. The molecule has 3 aliphatic rings. The average molecular weight is 413 g/mol. The normalized spacial score (nSPS) is 23.7. The van der Waals surface area contributed by atoms with Crippen LogP contribution in [0.15, 0.2) is 30.3 Å². The van der Waals surface area contributed by atoms with E-state index >= 15 is 0 Å². The van der Waals surface area contributed by atoms with Gasteiger partial charge in [-0.05, 0) is 62.8 Å². The molecule has 1 atom stereocenters. The van der Waals surface area contributed by atoms with Crippen molar-refractivity contribution < 1.29 is 14.3 Å². The molecule has 30 heavy (non-hydrogen) atoms. The molecular weight excluding hydrogens is 376 g/mol. The zero-order valence-electron chi connectivity index (χ0n) is 18.2. The molecule has 2 amide bonds. The molecule has 0 saturated carbocycles. The van der Waals surface area contributed by atoms with Crippen molar-refractivity contribution in [3.8, 4) is 0 Å². The van der Waals surface area contributed by atoms with Gasteiger partial charge in [0.1, 0.15) is 0 Å². The summed E-state index contributed by atoms with van der Waals surface area (Å²) in [6.07, 6.45) is 9.24. The number of amides is 2. The lowest BCUT2D eigenvalue weighted by atomic mass is 9.78. The van der Waals surface area contributed by atoms with E-state index in [1.54, 1.807) is 0 Å². The first-order valence-corrected chi connectivity index (χ1v) is 11.9. The Hall–Kier alpha value is -1.88. The molecule has 3 fully saturated rings. The molecule has 164 valence electrons. The molecule has 0 aliphatic carbocycles. The van der Waals surface area contributed by atoms with Crippen molar-refractivity contribution in [3.63, 3.8) is 0 Å². The van der Waals surface area contributed by atoms with Gasteiger partial charge in [0, 0.05) is 45.6 Å². The van der Waals surface area contributed by atoms with E-state index in [0.717, 1.165) is 84.2 Å². The number of aryl methyl sites for hydroxylation is 1. The first-order chi connectivity index (χ1) is 14.6. The van der Waals surface area contributed by atoms with Crippen LogP contribution >= 0.6 is 0 Å². The minimum Gasteiger partial charge on any atom is -0.375 e. The molecule has 1 aromatic rings. The Morgan fingerprint density at radius 3 is 2.40 bits per heavy atom. The van der Waals surface area contributed by atoms with Crippen molar-refractivity contribution in [2.75, 3.05) is 32.8 Å². The van der Waals surface area contributed by atoms with Gasteiger partial charge in [-0.3, -0.25) is 9.59 Å². The molecule has 3 heterocycles. The smallest absolute Gasteiger partial charge is 0.222 e. The van der Waals surface area contributed by atoms with Gasteiger partial charge in [-0.1, -0.05) is 30.3 Å². The summed E-state index contributed by atoms with van der Waals surface area (Å²) in [6, 6.07) is 10.4. The minimum absolute atomic E-state index is 0.116. The Balaban J connectivity index is 1.20. The summed E-state index contributed by atoms with van der Waals surface area (Å²) in [4.78, 5) is 29.3. The fourth-order valence-corrected chi connectivity index (χ4v) is 5.40. The zero-order valence-corrected chi connectivity index (χ0v) is 18.2. The van der Waals surface area contributed by atoms with Crippen LogP contribution in [0.5, 0.6) is 0 Å². The van der Waals surface area contributed by atoms with E-state index in [-0.39, 0.29) is 11.5 Å². The van der Waals surface area contributed by atoms with E-state index in [4.69, 9.17) is 4.74 Å². The summed E-state index contributed by atoms with van der Waals surface area (Å²) >= 11 is 0. The highest BCUT2D eigenvalue weighted by atomic mass is 16.5. The quantitative estimate of drug-likeness (QED) is 0.714. The minimum atomic E-state index is -0.116. The second kappa shape index (κ2) is 9.95. The van der Waals surface area contributed by atoms with Gasteiger partial charge in [0.25, 0.3) is 0 Å². The maximum absolute atomic E-state index is 12.7. The summed E-state index contributed by atoms with van der Waals surface area (Å²) in [5.74, 6) is 1.04. The largest absolute Gasteiger partial charge is 0.375 e. The van der Waals surface area contributed by atoms with E-state index in [1.807, 2.05) is 15.9 Å². The van der Waals surface area contributed by atoms with Gasteiger partial charge >= 0.3 is 0 Å². The highest BCUT2D eigenvalue weighted by Gasteiger charge is 2.41. The Morgan fingerprint density at radius 2 is 1.67 bits per heavy atom. The van der Waals surface area contributed by atoms with Crippen molar-refractivity contribution in [2.45, 2.75) is 69.8 Å². The Bertz CT molecular complexity index is 706. The molecule has 5 heteroatoms. The lowest BCUT2D eigenvalue weighted by Gasteiger charge is -2.46. The third-order valence-electron chi connectivity index (χ3n) is 7.24. The highest BCUT2D eigenvalue weighted by Crippen LogP contribution is 2.39. The molecule has 0 aromatic heterocycles. The third-order valence-corrected chi connectivity index (χ3v) is 7.24. The van der Waals surface area contributed by atoms with Crippen LogP contribution in [0.25, 0.3) is 0 Å². The van der Waals surface area contributed by atoms with Gasteiger partial charge in [0.2, 0.25) is 11.8 Å². The number of hydrogen-bond donors (Lipinski definition) is 0. The lowest BCUT2D eigenvalue weighted by Crippen LogP contribution is -2.51. The van der Waals surface area contributed by atoms with Gasteiger partial charge in [0.15, 0.2) is 0 Å².